The fraction of sp³-hybridized carbons (Fsp3) is 0.909. The van der Waals surface area contributed by atoms with Crippen LogP contribution in [0, 0.1) is 5.92 Å². The van der Waals surface area contributed by atoms with Crippen molar-refractivity contribution in [1.82, 2.24) is 10.2 Å². The third-order valence-electron chi connectivity index (χ3n) is 3.57. The van der Waals surface area contributed by atoms with Gasteiger partial charge in [0.05, 0.1) is 6.04 Å². The standard InChI is InChI=1S/C11H18F2N2O/c12-10(13)8-3-6-15(7-4-8)11(16)9-2-1-5-14-9/h8-10,14H,1-7H2/t9-/m1/s1. The number of rotatable bonds is 2. The van der Waals surface area contributed by atoms with Gasteiger partial charge in [0.2, 0.25) is 12.3 Å². The molecule has 2 rings (SSSR count). The molecule has 2 aliphatic rings. The molecule has 16 heavy (non-hydrogen) atoms. The lowest BCUT2D eigenvalue weighted by atomic mass is 9.97. The smallest absolute Gasteiger partial charge is 0.241 e. The minimum atomic E-state index is -2.23. The summed E-state index contributed by atoms with van der Waals surface area (Å²) in [4.78, 5) is 13.7. The number of carbonyl (C=O) groups excluding carboxylic acids is 1. The molecule has 0 saturated carbocycles. The second kappa shape index (κ2) is 5.08. The second-order valence-electron chi connectivity index (χ2n) is 4.65. The fourth-order valence-electron chi connectivity index (χ4n) is 2.49. The van der Waals surface area contributed by atoms with Gasteiger partial charge < -0.3 is 10.2 Å². The van der Waals surface area contributed by atoms with E-state index in [1.54, 1.807) is 4.90 Å². The molecule has 2 heterocycles. The molecule has 92 valence electrons. The maximum atomic E-state index is 12.4. The number of nitrogens with one attached hydrogen (secondary N) is 1. The number of halogens is 2. The molecule has 1 atom stereocenters. The first-order valence-electron chi connectivity index (χ1n) is 5.99. The van der Waals surface area contributed by atoms with Gasteiger partial charge in [-0.25, -0.2) is 8.78 Å². The molecular formula is C11H18F2N2O. The molecule has 0 unspecified atom stereocenters. The average molecular weight is 232 g/mol. The van der Waals surface area contributed by atoms with Crippen molar-refractivity contribution in [2.45, 2.75) is 38.2 Å². The van der Waals surface area contributed by atoms with Gasteiger partial charge in [0, 0.05) is 19.0 Å². The number of piperidine rings is 1. The van der Waals surface area contributed by atoms with Crippen LogP contribution in [0.4, 0.5) is 8.78 Å². The maximum absolute atomic E-state index is 12.4. The molecule has 5 heteroatoms. The first kappa shape index (κ1) is 11.8. The van der Waals surface area contributed by atoms with Gasteiger partial charge >= 0.3 is 0 Å². The van der Waals surface area contributed by atoms with E-state index in [4.69, 9.17) is 0 Å². The van der Waals surface area contributed by atoms with Gasteiger partial charge in [0.1, 0.15) is 0 Å². The van der Waals surface area contributed by atoms with E-state index < -0.39 is 12.3 Å². The van der Waals surface area contributed by atoms with Crippen LogP contribution in [0.15, 0.2) is 0 Å². The van der Waals surface area contributed by atoms with Crippen LogP contribution >= 0.6 is 0 Å². The van der Waals surface area contributed by atoms with Crippen LogP contribution in [-0.2, 0) is 4.79 Å². The number of alkyl halides is 2. The van der Waals surface area contributed by atoms with Gasteiger partial charge in [0.15, 0.2) is 0 Å². The molecule has 1 N–H and O–H groups in total. The lowest BCUT2D eigenvalue weighted by Crippen LogP contribution is -2.47. The number of nitrogens with zero attached hydrogens (tertiary/aromatic N) is 1. The highest BCUT2D eigenvalue weighted by Crippen LogP contribution is 2.24. The minimum Gasteiger partial charge on any atom is -0.341 e. The summed E-state index contributed by atoms with van der Waals surface area (Å²) in [5, 5.41) is 3.15. The molecular weight excluding hydrogens is 214 g/mol. The third-order valence-corrected chi connectivity index (χ3v) is 3.57. The quantitative estimate of drug-likeness (QED) is 0.777. The molecule has 0 bridgehead atoms. The molecule has 0 radical (unpaired) electrons. The Morgan fingerprint density at radius 1 is 1.25 bits per heavy atom. The molecule has 0 spiro atoms. The largest absolute Gasteiger partial charge is 0.341 e. The Morgan fingerprint density at radius 3 is 2.44 bits per heavy atom. The van der Waals surface area contributed by atoms with Crippen LogP contribution in [0.1, 0.15) is 25.7 Å². The van der Waals surface area contributed by atoms with Crippen molar-refractivity contribution in [3.63, 3.8) is 0 Å². The van der Waals surface area contributed by atoms with Crippen molar-refractivity contribution >= 4 is 5.91 Å². The third kappa shape index (κ3) is 2.51. The van der Waals surface area contributed by atoms with Gasteiger partial charge in [-0.1, -0.05) is 0 Å². The molecule has 0 aromatic heterocycles. The van der Waals surface area contributed by atoms with E-state index in [0.717, 1.165) is 19.4 Å². The summed E-state index contributed by atoms with van der Waals surface area (Å²) >= 11 is 0. The summed E-state index contributed by atoms with van der Waals surface area (Å²) < 4.78 is 24.9. The van der Waals surface area contributed by atoms with Gasteiger partial charge in [-0.3, -0.25) is 4.79 Å². The maximum Gasteiger partial charge on any atom is 0.241 e. The summed E-state index contributed by atoms with van der Waals surface area (Å²) in [6, 6.07) is -0.0666. The first-order valence-corrected chi connectivity index (χ1v) is 5.99. The van der Waals surface area contributed by atoms with Crippen molar-refractivity contribution in [2.75, 3.05) is 19.6 Å². The molecule has 0 aliphatic carbocycles. The number of hydrogen-bond donors (Lipinski definition) is 1. The van der Waals surface area contributed by atoms with Crippen molar-refractivity contribution in [1.29, 1.82) is 0 Å². The summed E-state index contributed by atoms with van der Waals surface area (Å²) in [5.74, 6) is -0.411. The molecule has 2 aliphatic heterocycles. The van der Waals surface area contributed by atoms with E-state index in [9.17, 15) is 13.6 Å². The van der Waals surface area contributed by atoms with Crippen molar-refractivity contribution < 1.29 is 13.6 Å². The zero-order chi connectivity index (χ0) is 11.5. The molecule has 1 amide bonds. The zero-order valence-electron chi connectivity index (χ0n) is 9.29. The molecule has 3 nitrogen and oxygen atoms in total. The Bertz CT molecular complexity index is 246. The van der Waals surface area contributed by atoms with Crippen molar-refractivity contribution in [3.05, 3.63) is 0 Å². The average Bonchev–Trinajstić information content (AvgIpc) is 2.81. The van der Waals surface area contributed by atoms with E-state index in [1.165, 1.54) is 0 Å². The summed E-state index contributed by atoms with van der Waals surface area (Å²) in [7, 11) is 0. The summed E-state index contributed by atoms with van der Waals surface area (Å²) in [6.07, 6.45) is 0.561. The number of likely N-dealkylation sites (tertiary alicyclic amines) is 1. The lowest BCUT2D eigenvalue weighted by Gasteiger charge is -2.33. The molecule has 2 saturated heterocycles. The van der Waals surface area contributed by atoms with Crippen LogP contribution < -0.4 is 5.32 Å². The van der Waals surface area contributed by atoms with Crippen LogP contribution in [0.2, 0.25) is 0 Å². The van der Waals surface area contributed by atoms with E-state index >= 15 is 0 Å². The van der Waals surface area contributed by atoms with Crippen molar-refractivity contribution in [3.8, 4) is 0 Å². The minimum absolute atomic E-state index is 0.0666. The van der Waals surface area contributed by atoms with E-state index in [1.807, 2.05) is 0 Å². The van der Waals surface area contributed by atoms with E-state index in [2.05, 4.69) is 5.32 Å². The van der Waals surface area contributed by atoms with Crippen LogP contribution in [0.25, 0.3) is 0 Å². The van der Waals surface area contributed by atoms with Crippen LogP contribution in [0.3, 0.4) is 0 Å². The highest BCUT2D eigenvalue weighted by atomic mass is 19.3. The van der Waals surface area contributed by atoms with Gasteiger partial charge in [0.25, 0.3) is 0 Å². The Hall–Kier alpha value is -0.710. The summed E-state index contributed by atoms with van der Waals surface area (Å²) in [6.45, 7) is 1.88. The molecule has 0 aromatic carbocycles. The Kier molecular flexibility index (Phi) is 3.74. The number of amides is 1. The first-order chi connectivity index (χ1) is 7.68. The second-order valence-corrected chi connectivity index (χ2v) is 4.65. The van der Waals surface area contributed by atoms with Gasteiger partial charge in [-0.05, 0) is 32.2 Å². The van der Waals surface area contributed by atoms with Gasteiger partial charge in [-0.15, -0.1) is 0 Å². The highest BCUT2D eigenvalue weighted by molar-refractivity contribution is 5.82. The predicted octanol–water partition coefficient (Wildman–Crippen LogP) is 1.24. The Labute approximate surface area is 94.2 Å². The number of hydrogen-bond acceptors (Lipinski definition) is 2. The monoisotopic (exact) mass is 232 g/mol. The normalized spacial score (nSPS) is 27.7. The van der Waals surface area contributed by atoms with Gasteiger partial charge in [-0.2, -0.15) is 0 Å². The topological polar surface area (TPSA) is 32.3 Å². The Balaban J connectivity index is 1.81. The molecule has 0 aromatic rings. The van der Waals surface area contributed by atoms with Crippen molar-refractivity contribution in [2.24, 2.45) is 5.92 Å². The van der Waals surface area contributed by atoms with Crippen LogP contribution in [0.5, 0.6) is 0 Å². The number of carbonyl (C=O) groups is 1. The van der Waals surface area contributed by atoms with E-state index in [-0.39, 0.29) is 11.9 Å². The fourth-order valence-corrected chi connectivity index (χ4v) is 2.49. The zero-order valence-corrected chi connectivity index (χ0v) is 9.29. The Morgan fingerprint density at radius 2 is 1.94 bits per heavy atom. The van der Waals surface area contributed by atoms with E-state index in [0.29, 0.717) is 25.9 Å². The SMILES string of the molecule is O=C([C@H]1CCCN1)N1CCC(C(F)F)CC1. The highest BCUT2D eigenvalue weighted by Gasteiger charge is 2.32. The molecule has 2 fully saturated rings. The van der Waals surface area contributed by atoms with Crippen LogP contribution in [-0.4, -0.2) is 42.9 Å². The predicted molar refractivity (Wildman–Crippen MR) is 56.3 cm³/mol. The summed E-state index contributed by atoms with van der Waals surface area (Å²) in [5.41, 5.74) is 0. The lowest BCUT2D eigenvalue weighted by molar-refractivity contribution is -0.135.